The van der Waals surface area contributed by atoms with Crippen molar-refractivity contribution in [3.05, 3.63) is 53.1 Å². The second kappa shape index (κ2) is 9.51. The van der Waals surface area contributed by atoms with Crippen LogP contribution in [-0.4, -0.2) is 44.0 Å². The van der Waals surface area contributed by atoms with Crippen molar-refractivity contribution in [1.82, 2.24) is 4.90 Å². The van der Waals surface area contributed by atoms with E-state index >= 15 is 0 Å². The van der Waals surface area contributed by atoms with Gasteiger partial charge < -0.3 is 19.7 Å². The highest BCUT2D eigenvalue weighted by Gasteiger charge is 2.30. The summed E-state index contributed by atoms with van der Waals surface area (Å²) in [5.74, 6) is -0.510. The maximum Gasteiger partial charge on any atom is 0.416 e. The predicted molar refractivity (Wildman–Crippen MR) is 101 cm³/mol. The van der Waals surface area contributed by atoms with E-state index in [1.807, 2.05) is 0 Å². The maximum absolute atomic E-state index is 12.5. The Kier molecular flexibility index (Phi) is 7.33. The van der Waals surface area contributed by atoms with Crippen molar-refractivity contribution in [2.24, 2.45) is 0 Å². The Morgan fingerprint density at radius 3 is 2.38 bits per heavy atom. The Bertz CT molecular complexity index is 873. The largest absolute Gasteiger partial charge is 0.495 e. The molecule has 0 unspecified atom stereocenters. The molecule has 0 heterocycles. The first kappa shape index (κ1) is 22.4. The Morgan fingerprint density at radius 2 is 1.79 bits per heavy atom. The third-order valence-corrected chi connectivity index (χ3v) is 4.02. The van der Waals surface area contributed by atoms with Crippen LogP contribution >= 0.6 is 11.6 Å². The number of likely N-dealkylation sites (N-methyl/N-ethyl adjacent to an activating group) is 1. The zero-order chi connectivity index (χ0) is 21.6. The third-order valence-electron chi connectivity index (χ3n) is 3.79. The average Bonchev–Trinajstić information content (AvgIpc) is 2.65. The average molecular weight is 431 g/mol. The molecule has 2 aromatic carbocycles. The summed E-state index contributed by atoms with van der Waals surface area (Å²) in [6.45, 7) is -0.708. The van der Waals surface area contributed by atoms with Gasteiger partial charge in [0.1, 0.15) is 11.5 Å². The Balaban J connectivity index is 1.87. The summed E-state index contributed by atoms with van der Waals surface area (Å²) >= 11 is 5.90. The number of methoxy groups -OCH3 is 1. The first-order valence-corrected chi connectivity index (χ1v) is 8.65. The number of anilines is 1. The van der Waals surface area contributed by atoms with E-state index in [0.29, 0.717) is 16.5 Å². The number of nitrogens with zero attached hydrogens (tertiary/aromatic N) is 1. The number of hydrogen-bond acceptors (Lipinski definition) is 4. The van der Waals surface area contributed by atoms with Gasteiger partial charge >= 0.3 is 6.18 Å². The van der Waals surface area contributed by atoms with E-state index in [0.717, 1.165) is 29.2 Å². The van der Waals surface area contributed by atoms with Crippen LogP contribution in [0.4, 0.5) is 18.9 Å². The number of amides is 2. The van der Waals surface area contributed by atoms with Gasteiger partial charge in [-0.25, -0.2) is 0 Å². The van der Waals surface area contributed by atoms with Crippen molar-refractivity contribution in [2.45, 2.75) is 6.18 Å². The van der Waals surface area contributed by atoms with Crippen LogP contribution in [0.15, 0.2) is 42.5 Å². The predicted octanol–water partition coefficient (Wildman–Crippen LogP) is 3.84. The van der Waals surface area contributed by atoms with Crippen molar-refractivity contribution in [3.63, 3.8) is 0 Å². The maximum atomic E-state index is 12.5. The molecule has 1 N–H and O–H groups in total. The van der Waals surface area contributed by atoms with Gasteiger partial charge in [0.05, 0.1) is 24.9 Å². The quantitative estimate of drug-likeness (QED) is 0.724. The third kappa shape index (κ3) is 6.56. The van der Waals surface area contributed by atoms with Crippen LogP contribution < -0.4 is 14.8 Å². The molecule has 0 radical (unpaired) electrons. The summed E-state index contributed by atoms with van der Waals surface area (Å²) in [6, 6.07) is 8.65. The monoisotopic (exact) mass is 430 g/mol. The van der Waals surface area contributed by atoms with Gasteiger partial charge in [-0.3, -0.25) is 9.59 Å². The molecule has 0 bridgehead atoms. The summed E-state index contributed by atoms with van der Waals surface area (Å²) in [7, 11) is 2.83. The molecule has 2 aromatic rings. The molecule has 0 saturated carbocycles. The molecule has 10 heteroatoms. The smallest absolute Gasteiger partial charge is 0.416 e. The van der Waals surface area contributed by atoms with Gasteiger partial charge in [-0.2, -0.15) is 13.2 Å². The molecule has 0 aliphatic heterocycles. The van der Waals surface area contributed by atoms with Crippen molar-refractivity contribution >= 4 is 29.1 Å². The summed E-state index contributed by atoms with van der Waals surface area (Å²) in [5.41, 5.74) is -0.465. The van der Waals surface area contributed by atoms with E-state index in [-0.39, 0.29) is 12.3 Å². The van der Waals surface area contributed by atoms with Crippen LogP contribution in [-0.2, 0) is 15.8 Å². The number of halogens is 4. The first-order chi connectivity index (χ1) is 13.6. The number of hydrogen-bond donors (Lipinski definition) is 1. The van der Waals surface area contributed by atoms with Crippen LogP contribution in [0.2, 0.25) is 5.02 Å². The highest BCUT2D eigenvalue weighted by atomic mass is 35.5. The van der Waals surface area contributed by atoms with Crippen LogP contribution in [0.5, 0.6) is 11.5 Å². The highest BCUT2D eigenvalue weighted by molar-refractivity contribution is 6.31. The molecular formula is C19H18ClF3N2O4. The number of ether oxygens (including phenoxy) is 2. The Labute approximate surface area is 170 Å². The molecule has 0 atom stereocenters. The van der Waals surface area contributed by atoms with E-state index < -0.39 is 30.2 Å². The van der Waals surface area contributed by atoms with Gasteiger partial charge in [-0.1, -0.05) is 11.6 Å². The molecule has 2 amide bonds. The summed E-state index contributed by atoms with van der Waals surface area (Å²) in [6.07, 6.45) is -4.45. The van der Waals surface area contributed by atoms with Gasteiger partial charge in [-0.15, -0.1) is 0 Å². The molecule has 29 heavy (non-hydrogen) atoms. The van der Waals surface area contributed by atoms with Crippen molar-refractivity contribution < 1.29 is 32.2 Å². The minimum Gasteiger partial charge on any atom is -0.495 e. The number of rotatable bonds is 7. The second-order valence-corrected chi connectivity index (χ2v) is 6.39. The van der Waals surface area contributed by atoms with Crippen LogP contribution in [0, 0.1) is 0 Å². The second-order valence-electron chi connectivity index (χ2n) is 5.95. The van der Waals surface area contributed by atoms with Gasteiger partial charge in [0.15, 0.2) is 6.61 Å². The summed E-state index contributed by atoms with van der Waals surface area (Å²) < 4.78 is 47.9. The topological polar surface area (TPSA) is 67.9 Å². The minimum atomic E-state index is -4.45. The molecule has 6 nitrogen and oxygen atoms in total. The molecule has 0 spiro atoms. The first-order valence-electron chi connectivity index (χ1n) is 8.27. The fourth-order valence-corrected chi connectivity index (χ4v) is 2.44. The van der Waals surface area contributed by atoms with Gasteiger partial charge in [-0.05, 0) is 42.5 Å². The van der Waals surface area contributed by atoms with Gasteiger partial charge in [0.25, 0.3) is 5.91 Å². The Morgan fingerprint density at radius 1 is 1.14 bits per heavy atom. The van der Waals surface area contributed by atoms with Crippen molar-refractivity contribution in [2.75, 3.05) is 32.6 Å². The van der Waals surface area contributed by atoms with E-state index in [9.17, 15) is 22.8 Å². The van der Waals surface area contributed by atoms with Crippen LogP contribution in [0.25, 0.3) is 0 Å². The van der Waals surface area contributed by atoms with E-state index in [2.05, 4.69) is 5.32 Å². The van der Waals surface area contributed by atoms with Crippen LogP contribution in [0.1, 0.15) is 5.56 Å². The molecule has 0 aromatic heterocycles. The molecule has 0 saturated heterocycles. The fourth-order valence-electron chi connectivity index (χ4n) is 2.27. The lowest BCUT2D eigenvalue weighted by Gasteiger charge is -2.18. The zero-order valence-electron chi connectivity index (χ0n) is 15.5. The highest BCUT2D eigenvalue weighted by Crippen LogP contribution is 2.30. The SMILES string of the molecule is COc1ccc(Cl)cc1NC(=O)CN(C)C(=O)COc1ccc(C(F)(F)F)cc1. The van der Waals surface area contributed by atoms with E-state index in [1.54, 1.807) is 12.1 Å². The normalized spacial score (nSPS) is 11.0. The number of nitrogens with one attached hydrogen (secondary N) is 1. The number of carbonyl (C=O) groups is 2. The lowest BCUT2D eigenvalue weighted by molar-refractivity contribution is -0.137. The standard InChI is InChI=1S/C19H18ClF3N2O4/c1-25(10-17(26)24-15-9-13(20)5-8-16(15)28-2)18(27)11-29-14-6-3-12(4-7-14)19(21,22)23/h3-9H,10-11H2,1-2H3,(H,24,26). The molecule has 0 aliphatic rings. The van der Waals surface area contributed by atoms with Gasteiger partial charge in [0, 0.05) is 12.1 Å². The lowest BCUT2D eigenvalue weighted by atomic mass is 10.2. The zero-order valence-corrected chi connectivity index (χ0v) is 16.3. The minimum absolute atomic E-state index is 0.105. The van der Waals surface area contributed by atoms with E-state index in [1.165, 1.54) is 20.2 Å². The summed E-state index contributed by atoms with van der Waals surface area (Å²) in [4.78, 5) is 25.4. The number of carbonyl (C=O) groups excluding carboxylic acids is 2. The molecule has 2 rings (SSSR count). The Hall–Kier alpha value is -2.94. The van der Waals surface area contributed by atoms with Crippen LogP contribution in [0.3, 0.4) is 0 Å². The molecular weight excluding hydrogens is 413 g/mol. The van der Waals surface area contributed by atoms with Crippen molar-refractivity contribution in [1.29, 1.82) is 0 Å². The summed E-state index contributed by atoms with van der Waals surface area (Å²) in [5, 5.41) is 2.99. The number of alkyl halides is 3. The fraction of sp³-hybridized carbons (Fsp3) is 0.263. The number of benzene rings is 2. The van der Waals surface area contributed by atoms with Gasteiger partial charge in [0.2, 0.25) is 5.91 Å². The molecule has 0 aliphatic carbocycles. The van der Waals surface area contributed by atoms with E-state index in [4.69, 9.17) is 21.1 Å². The lowest BCUT2D eigenvalue weighted by Crippen LogP contribution is -2.37. The molecule has 0 fully saturated rings. The van der Waals surface area contributed by atoms with Crippen molar-refractivity contribution in [3.8, 4) is 11.5 Å². The molecule has 156 valence electrons.